The number of pyridine rings is 1. The largest absolute Gasteiger partial charge is 0.417 e. The molecule has 0 N–H and O–H groups in total. The van der Waals surface area contributed by atoms with Crippen LogP contribution >= 0.6 is 0 Å². The minimum absolute atomic E-state index is 0.0775. The van der Waals surface area contributed by atoms with E-state index in [9.17, 15) is 26.7 Å². The fourth-order valence-corrected chi connectivity index (χ4v) is 2.85. The molecule has 1 fully saturated rings. The van der Waals surface area contributed by atoms with Crippen LogP contribution in [-0.4, -0.2) is 51.9 Å². The van der Waals surface area contributed by atoms with E-state index >= 15 is 0 Å². The number of aryl methyl sites for hydroxylation is 1. The zero-order valence-electron chi connectivity index (χ0n) is 14.7. The van der Waals surface area contributed by atoms with Gasteiger partial charge in [-0.25, -0.2) is 23.7 Å². The zero-order chi connectivity index (χ0) is 20.5. The lowest BCUT2D eigenvalue weighted by Crippen LogP contribution is -2.49. The van der Waals surface area contributed by atoms with Crippen molar-refractivity contribution in [1.82, 2.24) is 19.9 Å². The fourth-order valence-electron chi connectivity index (χ4n) is 2.85. The number of halogens is 5. The lowest BCUT2D eigenvalue weighted by molar-refractivity contribution is -0.137. The third kappa shape index (κ3) is 4.34. The average Bonchev–Trinajstić information content (AvgIpc) is 2.66. The quantitative estimate of drug-likeness (QED) is 0.740. The number of amides is 1. The molecule has 0 saturated carbocycles. The molecule has 0 bridgehead atoms. The van der Waals surface area contributed by atoms with Gasteiger partial charge in [-0.2, -0.15) is 13.2 Å². The van der Waals surface area contributed by atoms with E-state index in [1.54, 1.807) is 4.90 Å². The van der Waals surface area contributed by atoms with Gasteiger partial charge in [0.25, 0.3) is 12.3 Å². The van der Waals surface area contributed by atoms with Crippen LogP contribution in [0.5, 0.6) is 0 Å². The Morgan fingerprint density at radius 3 is 2.32 bits per heavy atom. The molecule has 1 saturated heterocycles. The van der Waals surface area contributed by atoms with E-state index in [0.29, 0.717) is 18.9 Å². The summed E-state index contributed by atoms with van der Waals surface area (Å²) in [6.07, 6.45) is -6.50. The van der Waals surface area contributed by atoms with Gasteiger partial charge in [-0.3, -0.25) is 4.79 Å². The smallest absolute Gasteiger partial charge is 0.353 e. The Labute approximate surface area is 157 Å². The first-order chi connectivity index (χ1) is 13.1. The van der Waals surface area contributed by atoms with Gasteiger partial charge in [-0.1, -0.05) is 0 Å². The van der Waals surface area contributed by atoms with E-state index in [1.165, 1.54) is 17.9 Å². The van der Waals surface area contributed by atoms with Gasteiger partial charge in [0.2, 0.25) is 0 Å². The molecule has 11 heteroatoms. The molecule has 28 heavy (non-hydrogen) atoms. The van der Waals surface area contributed by atoms with E-state index in [-0.39, 0.29) is 24.6 Å². The number of piperazine rings is 1. The number of alkyl halides is 5. The maximum Gasteiger partial charge on any atom is 0.417 e. The summed E-state index contributed by atoms with van der Waals surface area (Å²) in [6.45, 7) is 2.63. The van der Waals surface area contributed by atoms with Gasteiger partial charge in [0.05, 0.1) is 5.56 Å². The van der Waals surface area contributed by atoms with Crippen molar-refractivity contribution in [1.29, 1.82) is 0 Å². The highest BCUT2D eigenvalue weighted by Crippen LogP contribution is 2.29. The average molecular weight is 401 g/mol. The van der Waals surface area contributed by atoms with E-state index in [1.807, 2.05) is 0 Å². The molecule has 3 rings (SSSR count). The minimum Gasteiger partial charge on any atom is -0.353 e. The molecular formula is C17H16F5N5O. The zero-order valence-corrected chi connectivity index (χ0v) is 14.7. The summed E-state index contributed by atoms with van der Waals surface area (Å²) in [5.41, 5.74) is -1.45. The van der Waals surface area contributed by atoms with Crippen molar-refractivity contribution in [2.24, 2.45) is 0 Å². The van der Waals surface area contributed by atoms with Crippen LogP contribution in [0.2, 0.25) is 0 Å². The predicted molar refractivity (Wildman–Crippen MR) is 89.1 cm³/mol. The fraction of sp³-hybridized carbons (Fsp3) is 0.412. The molecule has 3 heterocycles. The van der Waals surface area contributed by atoms with Gasteiger partial charge in [0.1, 0.15) is 23.0 Å². The highest BCUT2D eigenvalue weighted by Gasteiger charge is 2.31. The number of rotatable bonds is 3. The second kappa shape index (κ2) is 7.64. The molecule has 150 valence electrons. The highest BCUT2D eigenvalue weighted by molar-refractivity contribution is 5.92. The number of carbonyl (C=O) groups is 1. The maximum atomic E-state index is 12.9. The molecule has 6 nitrogen and oxygen atoms in total. The van der Waals surface area contributed by atoms with Crippen LogP contribution in [0, 0.1) is 6.92 Å². The van der Waals surface area contributed by atoms with Crippen molar-refractivity contribution < 1.29 is 26.7 Å². The lowest BCUT2D eigenvalue weighted by Gasteiger charge is -2.35. The highest BCUT2D eigenvalue weighted by atomic mass is 19.4. The summed E-state index contributed by atoms with van der Waals surface area (Å²) >= 11 is 0. The van der Waals surface area contributed by atoms with Gasteiger partial charge < -0.3 is 9.80 Å². The molecule has 2 aromatic heterocycles. The summed E-state index contributed by atoms with van der Waals surface area (Å²) in [5, 5.41) is 0. The molecule has 0 aromatic carbocycles. The van der Waals surface area contributed by atoms with E-state index in [2.05, 4.69) is 15.0 Å². The number of carbonyl (C=O) groups excluding carboxylic acids is 1. The topological polar surface area (TPSA) is 62.2 Å². The SMILES string of the molecule is Cc1nc(C(=O)N2CCN(c3ccc(C(F)(F)F)cn3)CC2)cc(C(F)F)n1. The van der Waals surface area contributed by atoms with Gasteiger partial charge in [-0.05, 0) is 25.1 Å². The maximum absolute atomic E-state index is 12.9. The number of nitrogens with zero attached hydrogens (tertiary/aromatic N) is 5. The second-order valence-corrected chi connectivity index (χ2v) is 6.21. The molecule has 0 atom stereocenters. The molecule has 0 spiro atoms. The molecular weight excluding hydrogens is 385 g/mol. The van der Waals surface area contributed by atoms with Gasteiger partial charge in [0.15, 0.2) is 0 Å². The van der Waals surface area contributed by atoms with Gasteiger partial charge in [0, 0.05) is 32.4 Å². The standard InChI is InChI=1S/C17H16F5N5O/c1-10-24-12(15(18)19)8-13(25-10)16(28)27-6-4-26(5-7-27)14-3-2-11(9-23-14)17(20,21)22/h2-3,8-9,15H,4-7H2,1H3. The Morgan fingerprint density at radius 2 is 1.79 bits per heavy atom. The Bertz CT molecular complexity index is 848. The summed E-state index contributed by atoms with van der Waals surface area (Å²) in [7, 11) is 0. The molecule has 0 radical (unpaired) electrons. The second-order valence-electron chi connectivity index (χ2n) is 6.21. The summed E-state index contributed by atoms with van der Waals surface area (Å²) in [5.74, 6) is -0.0425. The monoisotopic (exact) mass is 401 g/mol. The van der Waals surface area contributed by atoms with E-state index in [4.69, 9.17) is 0 Å². The van der Waals surface area contributed by atoms with Crippen LogP contribution in [0.15, 0.2) is 24.4 Å². The van der Waals surface area contributed by atoms with Crippen molar-refractivity contribution in [2.75, 3.05) is 31.1 Å². The third-order valence-corrected chi connectivity index (χ3v) is 4.27. The summed E-state index contributed by atoms with van der Waals surface area (Å²) in [6, 6.07) is 3.21. The molecule has 0 aliphatic carbocycles. The lowest BCUT2D eigenvalue weighted by atomic mass is 10.2. The van der Waals surface area contributed by atoms with Crippen LogP contribution < -0.4 is 4.90 Å². The minimum atomic E-state index is -4.45. The van der Waals surface area contributed by atoms with Gasteiger partial charge >= 0.3 is 6.18 Å². The third-order valence-electron chi connectivity index (χ3n) is 4.27. The van der Waals surface area contributed by atoms with Crippen LogP contribution in [-0.2, 0) is 6.18 Å². The van der Waals surface area contributed by atoms with Crippen molar-refractivity contribution >= 4 is 11.7 Å². The van der Waals surface area contributed by atoms with Crippen LogP contribution in [0.4, 0.5) is 27.8 Å². The first kappa shape index (κ1) is 19.9. The number of hydrogen-bond donors (Lipinski definition) is 0. The van der Waals surface area contributed by atoms with Crippen LogP contribution in [0.1, 0.15) is 34.0 Å². The van der Waals surface area contributed by atoms with Crippen molar-refractivity contribution in [2.45, 2.75) is 19.5 Å². The number of anilines is 1. The van der Waals surface area contributed by atoms with Crippen LogP contribution in [0.3, 0.4) is 0 Å². The van der Waals surface area contributed by atoms with Crippen molar-refractivity contribution in [3.8, 4) is 0 Å². The number of hydrogen-bond acceptors (Lipinski definition) is 5. The summed E-state index contributed by atoms with van der Waals surface area (Å²) < 4.78 is 63.6. The van der Waals surface area contributed by atoms with E-state index < -0.39 is 29.8 Å². The van der Waals surface area contributed by atoms with Crippen LogP contribution in [0.25, 0.3) is 0 Å². The normalized spacial score (nSPS) is 15.2. The molecule has 1 aliphatic heterocycles. The summed E-state index contributed by atoms with van der Waals surface area (Å²) in [4.78, 5) is 27.1. The first-order valence-corrected chi connectivity index (χ1v) is 8.36. The van der Waals surface area contributed by atoms with Gasteiger partial charge in [-0.15, -0.1) is 0 Å². The van der Waals surface area contributed by atoms with E-state index in [0.717, 1.165) is 18.3 Å². The molecule has 1 aliphatic rings. The van der Waals surface area contributed by atoms with Crippen molar-refractivity contribution in [3.63, 3.8) is 0 Å². The molecule has 2 aromatic rings. The molecule has 0 unspecified atom stereocenters. The Morgan fingerprint density at radius 1 is 1.11 bits per heavy atom. The predicted octanol–water partition coefficient (Wildman–Crippen LogP) is 3.10. The Hall–Kier alpha value is -2.85. The van der Waals surface area contributed by atoms with Crippen molar-refractivity contribution in [3.05, 3.63) is 47.2 Å². The molecule has 1 amide bonds. The Kier molecular flexibility index (Phi) is 5.43. The Balaban J connectivity index is 1.66. The number of aromatic nitrogens is 3. The first-order valence-electron chi connectivity index (χ1n) is 8.36.